The van der Waals surface area contributed by atoms with Crippen molar-refractivity contribution in [3.63, 3.8) is 0 Å². The van der Waals surface area contributed by atoms with Crippen molar-refractivity contribution in [2.75, 3.05) is 7.11 Å². The zero-order valence-corrected chi connectivity index (χ0v) is 15.1. The van der Waals surface area contributed by atoms with Crippen molar-refractivity contribution in [1.82, 2.24) is 9.99 Å². The van der Waals surface area contributed by atoms with E-state index in [1.165, 1.54) is 22.8 Å². The monoisotopic (exact) mass is 367 g/mol. The maximum Gasteiger partial charge on any atom is 0.271 e. The Hall–Kier alpha value is -3.19. The summed E-state index contributed by atoms with van der Waals surface area (Å²) < 4.78 is 6.55. The Morgan fingerprint density at radius 1 is 1.08 bits per heavy atom. The number of methoxy groups -OCH3 is 1. The van der Waals surface area contributed by atoms with Crippen LogP contribution < -0.4 is 15.0 Å². The highest BCUT2D eigenvalue weighted by Gasteiger charge is 2.12. The Morgan fingerprint density at radius 2 is 1.77 bits per heavy atom. The largest absolute Gasteiger partial charge is 0.497 e. The number of rotatable bonds is 4. The van der Waals surface area contributed by atoms with Gasteiger partial charge in [-0.3, -0.25) is 14.2 Å². The highest BCUT2D eigenvalue weighted by atomic mass is 32.1. The van der Waals surface area contributed by atoms with Gasteiger partial charge in [-0.05, 0) is 29.8 Å². The number of carbonyl (C=O) groups excluding carboxylic acids is 2. The second kappa shape index (κ2) is 7.79. The Labute approximate surface area is 154 Å². The van der Waals surface area contributed by atoms with Crippen molar-refractivity contribution in [1.29, 1.82) is 0 Å². The van der Waals surface area contributed by atoms with Crippen LogP contribution in [0.2, 0.25) is 0 Å². The molecule has 0 fully saturated rings. The van der Waals surface area contributed by atoms with Crippen LogP contribution in [0.4, 0.5) is 0 Å². The molecule has 0 atom stereocenters. The third-order valence-corrected chi connectivity index (χ3v) is 4.52. The quantitative estimate of drug-likeness (QED) is 0.720. The van der Waals surface area contributed by atoms with Crippen LogP contribution in [0.5, 0.6) is 5.75 Å². The number of hydrogen-bond acceptors (Lipinski definition) is 5. The van der Waals surface area contributed by atoms with E-state index in [4.69, 9.17) is 4.74 Å². The van der Waals surface area contributed by atoms with Gasteiger partial charge in [-0.15, -0.1) is 16.4 Å². The number of thiazole rings is 1. The number of nitrogens with zero attached hydrogens (tertiary/aromatic N) is 2. The van der Waals surface area contributed by atoms with Crippen LogP contribution in [0.15, 0.2) is 65.1 Å². The molecule has 1 aromatic heterocycles. The first-order valence-corrected chi connectivity index (χ1v) is 8.73. The second-order valence-corrected chi connectivity index (χ2v) is 6.24. The molecule has 1 N–H and O–H groups in total. The topological polar surface area (TPSA) is 72.7 Å². The third kappa shape index (κ3) is 3.73. The number of nitrogens with one attached hydrogen (secondary N) is 1. The molecule has 0 spiro atoms. The summed E-state index contributed by atoms with van der Waals surface area (Å²) >= 11 is 1.28. The molecule has 1 heterocycles. The van der Waals surface area contributed by atoms with Crippen LogP contribution in [0.3, 0.4) is 0 Å². The van der Waals surface area contributed by atoms with Gasteiger partial charge in [0.15, 0.2) is 0 Å². The lowest BCUT2D eigenvalue weighted by Gasteiger charge is -2.05. The van der Waals surface area contributed by atoms with Gasteiger partial charge in [0.05, 0.1) is 12.8 Å². The van der Waals surface area contributed by atoms with Gasteiger partial charge in [-0.25, -0.2) is 5.43 Å². The van der Waals surface area contributed by atoms with Crippen molar-refractivity contribution in [3.8, 4) is 17.0 Å². The molecule has 0 bridgehead atoms. The summed E-state index contributed by atoms with van der Waals surface area (Å²) in [6.07, 6.45) is 0. The van der Waals surface area contributed by atoms with E-state index in [1.807, 2.05) is 35.7 Å². The van der Waals surface area contributed by atoms with Gasteiger partial charge in [0.2, 0.25) is 10.7 Å². The van der Waals surface area contributed by atoms with Gasteiger partial charge in [-0.2, -0.15) is 0 Å². The normalized spacial score (nSPS) is 11.2. The lowest BCUT2D eigenvalue weighted by Crippen LogP contribution is -2.27. The number of benzene rings is 2. The van der Waals surface area contributed by atoms with Gasteiger partial charge in [-0.1, -0.05) is 30.3 Å². The first-order chi connectivity index (χ1) is 12.6. The molecule has 1 amide bonds. The van der Waals surface area contributed by atoms with Gasteiger partial charge < -0.3 is 4.74 Å². The molecule has 6 nitrogen and oxygen atoms in total. The molecule has 0 unspecified atom stereocenters. The van der Waals surface area contributed by atoms with Crippen molar-refractivity contribution >= 4 is 23.2 Å². The minimum absolute atomic E-state index is 0.178. The van der Waals surface area contributed by atoms with E-state index in [1.54, 1.807) is 31.4 Å². The van der Waals surface area contributed by atoms with Crippen LogP contribution in [-0.2, 0) is 0 Å². The number of hydrogen-bond donors (Lipinski definition) is 1. The summed E-state index contributed by atoms with van der Waals surface area (Å²) in [5.41, 5.74) is 4.58. The molecule has 0 aliphatic carbocycles. The fourth-order valence-electron chi connectivity index (χ4n) is 2.41. The number of ether oxygens (including phenoxy) is 1. The standard InChI is InChI=1S/C19H17N3O3S/c1-13(23)22-17(14-6-4-3-5-7-14)12-26-19(22)21-20-18(24)15-8-10-16(25-2)11-9-15/h3-12H,1-2H3,(H,20,24)/b21-19-. The van der Waals surface area contributed by atoms with E-state index in [2.05, 4.69) is 10.5 Å². The number of aromatic nitrogens is 1. The van der Waals surface area contributed by atoms with Crippen LogP contribution in [0.1, 0.15) is 22.1 Å². The molecule has 0 radical (unpaired) electrons. The smallest absolute Gasteiger partial charge is 0.271 e. The van der Waals surface area contributed by atoms with E-state index >= 15 is 0 Å². The summed E-state index contributed by atoms with van der Waals surface area (Å²) in [5.74, 6) is 0.124. The lowest BCUT2D eigenvalue weighted by atomic mass is 10.2. The Morgan fingerprint density at radius 3 is 2.38 bits per heavy atom. The summed E-state index contributed by atoms with van der Waals surface area (Å²) in [6, 6.07) is 16.2. The van der Waals surface area contributed by atoms with E-state index in [0.29, 0.717) is 16.1 Å². The average molecular weight is 367 g/mol. The predicted octanol–water partition coefficient (Wildman–Crippen LogP) is 3.13. The first-order valence-electron chi connectivity index (χ1n) is 7.85. The molecule has 0 saturated heterocycles. The summed E-state index contributed by atoms with van der Waals surface area (Å²) in [7, 11) is 1.56. The average Bonchev–Trinajstić information content (AvgIpc) is 3.11. The highest BCUT2D eigenvalue weighted by molar-refractivity contribution is 7.07. The zero-order chi connectivity index (χ0) is 18.5. The van der Waals surface area contributed by atoms with Crippen molar-refractivity contribution in [2.24, 2.45) is 5.10 Å². The Kier molecular flexibility index (Phi) is 5.28. The minimum Gasteiger partial charge on any atom is -0.497 e. The fraction of sp³-hybridized carbons (Fsp3) is 0.105. The van der Waals surface area contributed by atoms with Gasteiger partial charge in [0.25, 0.3) is 5.91 Å². The maximum atomic E-state index is 12.2. The molecule has 7 heteroatoms. The molecule has 3 rings (SSSR count). The molecular weight excluding hydrogens is 350 g/mol. The van der Waals surface area contributed by atoms with Gasteiger partial charge in [0, 0.05) is 17.9 Å². The zero-order valence-electron chi connectivity index (χ0n) is 14.3. The van der Waals surface area contributed by atoms with Crippen LogP contribution in [0.25, 0.3) is 11.3 Å². The van der Waals surface area contributed by atoms with Crippen molar-refractivity contribution in [2.45, 2.75) is 6.92 Å². The van der Waals surface area contributed by atoms with E-state index in [0.717, 1.165) is 11.3 Å². The van der Waals surface area contributed by atoms with E-state index < -0.39 is 0 Å². The fourth-order valence-corrected chi connectivity index (χ4v) is 3.30. The molecule has 0 saturated carbocycles. The molecule has 0 aliphatic heterocycles. The summed E-state index contributed by atoms with van der Waals surface area (Å²) in [4.78, 5) is 24.7. The Bertz CT molecular complexity index is 989. The SMILES string of the molecule is COc1ccc(C(=O)N/N=c2\scc(-c3ccccc3)n2C(C)=O)cc1. The van der Waals surface area contributed by atoms with Crippen molar-refractivity contribution < 1.29 is 14.3 Å². The summed E-state index contributed by atoms with van der Waals surface area (Å²) in [5, 5.41) is 5.96. The molecule has 2 aromatic carbocycles. The highest BCUT2D eigenvalue weighted by Crippen LogP contribution is 2.19. The number of amides is 1. The first kappa shape index (κ1) is 17.6. The molecule has 132 valence electrons. The van der Waals surface area contributed by atoms with Crippen LogP contribution in [0, 0.1) is 0 Å². The van der Waals surface area contributed by atoms with Crippen LogP contribution in [-0.4, -0.2) is 23.5 Å². The maximum absolute atomic E-state index is 12.2. The van der Waals surface area contributed by atoms with E-state index in [9.17, 15) is 9.59 Å². The van der Waals surface area contributed by atoms with Crippen LogP contribution >= 0.6 is 11.3 Å². The number of carbonyl (C=O) groups is 2. The lowest BCUT2D eigenvalue weighted by molar-refractivity contribution is 0.0923. The molecule has 3 aromatic rings. The van der Waals surface area contributed by atoms with E-state index in [-0.39, 0.29) is 11.8 Å². The Balaban J connectivity index is 1.90. The molecular formula is C19H17N3O3S. The van der Waals surface area contributed by atoms with Gasteiger partial charge in [0.1, 0.15) is 5.75 Å². The molecule has 26 heavy (non-hydrogen) atoms. The third-order valence-electron chi connectivity index (χ3n) is 3.70. The second-order valence-electron chi connectivity index (χ2n) is 5.41. The molecule has 0 aliphatic rings. The summed E-state index contributed by atoms with van der Waals surface area (Å²) in [6.45, 7) is 1.46. The predicted molar refractivity (Wildman–Crippen MR) is 100 cm³/mol. The van der Waals surface area contributed by atoms with Crippen molar-refractivity contribution in [3.05, 3.63) is 70.3 Å². The van der Waals surface area contributed by atoms with Gasteiger partial charge >= 0.3 is 0 Å². The minimum atomic E-state index is -0.364.